The Morgan fingerprint density at radius 2 is 0.667 bits per heavy atom. The minimum Gasteiger partial charge on any atom is -0.204 e. The van der Waals surface area contributed by atoms with E-state index in [4.69, 9.17) is 0 Å². The highest BCUT2D eigenvalue weighted by molar-refractivity contribution is 5.85. The van der Waals surface area contributed by atoms with Crippen LogP contribution >= 0.6 is 0 Å². The monoisotopic (exact) mass is 446 g/mol. The molecule has 0 saturated carbocycles. The standard InChI is InChI=1S/C18H2F12/c19-4-2-1-3(8(20)9(4)21)5-6(11(23)15(27)14(26)10(5)22)7-12(24)16(28)18(30)17(29)13(7)25/h1-2H. The molecule has 0 atom stereocenters. The Balaban J connectivity index is 2.61. The fourth-order valence-electron chi connectivity index (χ4n) is 2.66. The van der Waals surface area contributed by atoms with Crippen molar-refractivity contribution in [2.24, 2.45) is 0 Å². The van der Waals surface area contributed by atoms with Gasteiger partial charge in [0.1, 0.15) is 0 Å². The van der Waals surface area contributed by atoms with E-state index in [-0.39, 0.29) is 12.1 Å². The molecule has 3 rings (SSSR count). The van der Waals surface area contributed by atoms with Crippen molar-refractivity contribution >= 4 is 0 Å². The molecule has 0 bridgehead atoms. The zero-order valence-corrected chi connectivity index (χ0v) is 13.7. The van der Waals surface area contributed by atoms with Crippen LogP contribution in [0.1, 0.15) is 0 Å². The minimum absolute atomic E-state index is 0.106. The Labute approximate surface area is 158 Å². The first-order valence-electron chi connectivity index (χ1n) is 7.43. The number of benzene rings is 3. The molecule has 0 aliphatic carbocycles. The Morgan fingerprint density at radius 1 is 0.300 bits per heavy atom. The van der Waals surface area contributed by atoms with Crippen molar-refractivity contribution in [2.45, 2.75) is 0 Å². The molecule has 0 aliphatic heterocycles. The Morgan fingerprint density at radius 3 is 1.13 bits per heavy atom. The molecule has 0 aliphatic rings. The molecule has 0 N–H and O–H groups in total. The Bertz CT molecular complexity index is 1190. The maximum Gasteiger partial charge on any atom is 0.200 e. The molecule has 0 unspecified atom stereocenters. The van der Waals surface area contributed by atoms with Crippen LogP contribution in [0.2, 0.25) is 0 Å². The molecule has 12 heteroatoms. The van der Waals surface area contributed by atoms with Gasteiger partial charge in [-0.15, -0.1) is 0 Å². The van der Waals surface area contributed by atoms with Gasteiger partial charge in [0.05, 0.1) is 5.56 Å². The van der Waals surface area contributed by atoms with Crippen molar-refractivity contribution in [1.82, 2.24) is 0 Å². The number of hydrogen-bond acceptors (Lipinski definition) is 0. The summed E-state index contributed by atoms with van der Waals surface area (Å²) >= 11 is 0. The topological polar surface area (TPSA) is 0 Å². The first-order valence-corrected chi connectivity index (χ1v) is 7.43. The second kappa shape index (κ2) is 7.26. The number of rotatable bonds is 2. The Kier molecular flexibility index (Phi) is 5.21. The molecule has 0 aromatic heterocycles. The molecule has 3 aromatic carbocycles. The third-order valence-corrected chi connectivity index (χ3v) is 4.03. The summed E-state index contributed by atoms with van der Waals surface area (Å²) in [5, 5.41) is 0. The SMILES string of the molecule is Fc1ccc(-c2c(F)c(F)c(F)c(F)c2-c2c(F)c(F)c(F)c(F)c2F)c(F)c1F. The summed E-state index contributed by atoms with van der Waals surface area (Å²) < 4.78 is 165. The third-order valence-electron chi connectivity index (χ3n) is 4.03. The lowest BCUT2D eigenvalue weighted by Crippen LogP contribution is -2.10. The van der Waals surface area contributed by atoms with Gasteiger partial charge in [-0.25, -0.2) is 52.7 Å². The number of hydrogen-bond donors (Lipinski definition) is 0. The van der Waals surface area contributed by atoms with Crippen LogP contribution in [0.25, 0.3) is 22.3 Å². The zero-order valence-electron chi connectivity index (χ0n) is 13.7. The highest BCUT2D eigenvalue weighted by atomic mass is 19.2. The van der Waals surface area contributed by atoms with Gasteiger partial charge >= 0.3 is 0 Å². The normalized spacial score (nSPS) is 11.3. The van der Waals surface area contributed by atoms with Gasteiger partial charge in [-0.3, -0.25) is 0 Å². The molecule has 0 amide bonds. The van der Waals surface area contributed by atoms with Crippen LogP contribution in [0.5, 0.6) is 0 Å². The van der Waals surface area contributed by atoms with Crippen LogP contribution in [0.4, 0.5) is 52.7 Å². The summed E-state index contributed by atoms with van der Waals surface area (Å²) in [6.07, 6.45) is 0. The van der Waals surface area contributed by atoms with Crippen LogP contribution in [0.3, 0.4) is 0 Å². The van der Waals surface area contributed by atoms with Crippen molar-refractivity contribution in [3.63, 3.8) is 0 Å². The van der Waals surface area contributed by atoms with Crippen LogP contribution < -0.4 is 0 Å². The van der Waals surface area contributed by atoms with Gasteiger partial charge in [-0.2, -0.15) is 0 Å². The predicted molar refractivity (Wildman–Crippen MR) is 76.8 cm³/mol. The summed E-state index contributed by atoms with van der Waals surface area (Å²) in [5.74, 6) is -30.9. The Hall–Kier alpha value is -3.18. The second-order valence-corrected chi connectivity index (χ2v) is 5.67. The molecule has 0 radical (unpaired) electrons. The van der Waals surface area contributed by atoms with E-state index in [0.29, 0.717) is 0 Å². The summed E-state index contributed by atoms with van der Waals surface area (Å²) in [6.45, 7) is 0. The van der Waals surface area contributed by atoms with Gasteiger partial charge in [0.15, 0.2) is 64.0 Å². The van der Waals surface area contributed by atoms with E-state index in [2.05, 4.69) is 0 Å². The van der Waals surface area contributed by atoms with E-state index in [0.717, 1.165) is 0 Å². The maximum atomic E-state index is 14.4. The molecule has 0 nitrogen and oxygen atoms in total. The first kappa shape index (κ1) is 21.5. The summed E-state index contributed by atoms with van der Waals surface area (Å²) in [6, 6.07) is 0.257. The average Bonchev–Trinajstić information content (AvgIpc) is 2.72. The molecule has 0 saturated heterocycles. The highest BCUT2D eigenvalue weighted by Gasteiger charge is 2.35. The second-order valence-electron chi connectivity index (χ2n) is 5.67. The largest absolute Gasteiger partial charge is 0.204 e. The van der Waals surface area contributed by atoms with Gasteiger partial charge in [-0.05, 0) is 12.1 Å². The number of halogens is 12. The summed E-state index contributed by atoms with van der Waals surface area (Å²) in [7, 11) is 0. The van der Waals surface area contributed by atoms with Crippen molar-refractivity contribution in [2.75, 3.05) is 0 Å². The molecule has 0 spiro atoms. The fourth-order valence-corrected chi connectivity index (χ4v) is 2.66. The first-order chi connectivity index (χ1) is 13.9. The minimum atomic E-state index is -2.76. The molecular weight excluding hydrogens is 444 g/mol. The average molecular weight is 446 g/mol. The van der Waals surface area contributed by atoms with Gasteiger partial charge in [0, 0.05) is 16.7 Å². The molecule has 3 aromatic rings. The quantitative estimate of drug-likeness (QED) is 0.234. The summed E-state index contributed by atoms with van der Waals surface area (Å²) in [4.78, 5) is 0. The zero-order chi connectivity index (χ0) is 22.7. The highest BCUT2D eigenvalue weighted by Crippen LogP contribution is 2.43. The summed E-state index contributed by atoms with van der Waals surface area (Å²) in [5.41, 5.74) is -7.99. The lowest BCUT2D eigenvalue weighted by molar-refractivity contribution is 0.379. The van der Waals surface area contributed by atoms with Gasteiger partial charge < -0.3 is 0 Å². The molecular formula is C18H2F12. The van der Waals surface area contributed by atoms with Gasteiger partial charge in [0.2, 0.25) is 5.82 Å². The van der Waals surface area contributed by atoms with Crippen LogP contribution in [0, 0.1) is 69.8 Å². The lowest BCUT2D eigenvalue weighted by Gasteiger charge is -2.17. The molecule has 30 heavy (non-hydrogen) atoms. The van der Waals surface area contributed by atoms with Gasteiger partial charge in [0.25, 0.3) is 0 Å². The van der Waals surface area contributed by atoms with Crippen molar-refractivity contribution in [3.8, 4) is 22.3 Å². The third kappa shape index (κ3) is 2.89. The van der Waals surface area contributed by atoms with E-state index in [1.165, 1.54) is 0 Å². The molecule has 158 valence electrons. The van der Waals surface area contributed by atoms with Crippen molar-refractivity contribution in [1.29, 1.82) is 0 Å². The van der Waals surface area contributed by atoms with E-state index >= 15 is 0 Å². The fraction of sp³-hybridized carbons (Fsp3) is 0. The van der Waals surface area contributed by atoms with E-state index in [9.17, 15) is 52.7 Å². The predicted octanol–water partition coefficient (Wildman–Crippen LogP) is 6.69. The maximum absolute atomic E-state index is 14.4. The lowest BCUT2D eigenvalue weighted by atomic mass is 9.91. The van der Waals surface area contributed by atoms with Crippen LogP contribution in [0.15, 0.2) is 12.1 Å². The van der Waals surface area contributed by atoms with Crippen molar-refractivity contribution in [3.05, 3.63) is 81.9 Å². The molecule has 0 heterocycles. The molecule has 0 fully saturated rings. The van der Waals surface area contributed by atoms with Crippen molar-refractivity contribution < 1.29 is 52.7 Å². The van der Waals surface area contributed by atoms with Gasteiger partial charge in [-0.1, -0.05) is 0 Å². The smallest absolute Gasteiger partial charge is 0.200 e. The van der Waals surface area contributed by atoms with E-state index < -0.39 is 92.1 Å². The van der Waals surface area contributed by atoms with Crippen LogP contribution in [-0.2, 0) is 0 Å². The van der Waals surface area contributed by atoms with E-state index in [1.54, 1.807) is 0 Å². The van der Waals surface area contributed by atoms with Crippen LogP contribution in [-0.4, -0.2) is 0 Å². The van der Waals surface area contributed by atoms with E-state index in [1.807, 2.05) is 0 Å².